The second-order valence-corrected chi connectivity index (χ2v) is 4.96. The molecule has 14 heavy (non-hydrogen) atoms. The van der Waals surface area contributed by atoms with Gasteiger partial charge in [0.2, 0.25) is 0 Å². The molecule has 1 rings (SSSR count). The quantitative estimate of drug-likeness (QED) is 0.733. The van der Waals surface area contributed by atoms with Crippen molar-refractivity contribution in [3.63, 3.8) is 0 Å². The fourth-order valence-corrected chi connectivity index (χ4v) is 2.54. The Kier molecular flexibility index (Phi) is 4.90. The van der Waals surface area contributed by atoms with E-state index in [-0.39, 0.29) is 0 Å². The maximum atomic E-state index is 5.76. The van der Waals surface area contributed by atoms with Crippen molar-refractivity contribution in [1.82, 2.24) is 4.90 Å². The van der Waals surface area contributed by atoms with Crippen molar-refractivity contribution in [1.29, 1.82) is 0 Å². The highest BCUT2D eigenvalue weighted by atomic mass is 15.2. The number of nitrogens with two attached hydrogens (primary N) is 1. The summed E-state index contributed by atoms with van der Waals surface area (Å²) in [6.45, 7) is 10.3. The molecule has 1 aliphatic rings. The summed E-state index contributed by atoms with van der Waals surface area (Å²) in [7, 11) is 0. The van der Waals surface area contributed by atoms with Gasteiger partial charge in [-0.2, -0.15) is 0 Å². The average molecular weight is 198 g/mol. The Labute approximate surface area is 88.8 Å². The summed E-state index contributed by atoms with van der Waals surface area (Å²) in [6, 6.07) is 0.815. The van der Waals surface area contributed by atoms with Crippen molar-refractivity contribution in [3.8, 4) is 0 Å². The van der Waals surface area contributed by atoms with Gasteiger partial charge in [-0.3, -0.25) is 4.90 Å². The molecule has 0 aromatic rings. The van der Waals surface area contributed by atoms with Crippen LogP contribution in [0.1, 0.15) is 40.0 Å². The Bertz CT molecular complexity index is 152. The molecule has 0 spiro atoms. The molecule has 84 valence electrons. The van der Waals surface area contributed by atoms with Crippen LogP contribution < -0.4 is 5.73 Å². The minimum atomic E-state index is 0.703. The summed E-state index contributed by atoms with van der Waals surface area (Å²) in [4.78, 5) is 2.66. The van der Waals surface area contributed by atoms with Gasteiger partial charge in [0.25, 0.3) is 0 Å². The third-order valence-electron chi connectivity index (χ3n) is 3.59. The van der Waals surface area contributed by atoms with Crippen molar-refractivity contribution in [2.75, 3.05) is 19.6 Å². The normalized spacial score (nSPS) is 25.9. The molecule has 1 aliphatic heterocycles. The predicted octanol–water partition coefficient (Wildman–Crippen LogP) is 2.09. The van der Waals surface area contributed by atoms with E-state index >= 15 is 0 Å². The molecule has 0 aromatic heterocycles. The number of likely N-dealkylation sites (tertiary alicyclic amines) is 1. The van der Waals surface area contributed by atoms with E-state index in [0.29, 0.717) is 5.92 Å². The smallest absolute Gasteiger partial charge is 0.0119 e. The highest BCUT2D eigenvalue weighted by Crippen LogP contribution is 2.24. The molecule has 0 aliphatic carbocycles. The molecule has 1 heterocycles. The lowest BCUT2D eigenvalue weighted by molar-refractivity contribution is 0.177. The molecule has 0 aromatic carbocycles. The maximum Gasteiger partial charge on any atom is 0.0119 e. The van der Waals surface area contributed by atoms with Crippen molar-refractivity contribution < 1.29 is 0 Å². The molecular weight excluding hydrogens is 172 g/mol. The first kappa shape index (κ1) is 12.0. The van der Waals surface area contributed by atoms with Crippen LogP contribution in [0.3, 0.4) is 0 Å². The summed E-state index contributed by atoms with van der Waals surface area (Å²) in [6.07, 6.45) is 3.99. The first-order chi connectivity index (χ1) is 6.69. The molecule has 2 unspecified atom stereocenters. The maximum absolute atomic E-state index is 5.76. The molecule has 2 nitrogen and oxygen atoms in total. The van der Waals surface area contributed by atoms with Crippen LogP contribution in [0.25, 0.3) is 0 Å². The minimum absolute atomic E-state index is 0.703. The second kappa shape index (κ2) is 5.72. The van der Waals surface area contributed by atoms with E-state index in [1.807, 2.05) is 0 Å². The molecule has 0 radical (unpaired) electrons. The molecular formula is C12H26N2. The Morgan fingerprint density at radius 2 is 2.14 bits per heavy atom. The molecule has 0 bridgehead atoms. The van der Waals surface area contributed by atoms with Gasteiger partial charge in [0.15, 0.2) is 0 Å². The Hall–Kier alpha value is -0.0800. The van der Waals surface area contributed by atoms with Gasteiger partial charge < -0.3 is 5.73 Å². The molecule has 0 amide bonds. The van der Waals surface area contributed by atoms with E-state index in [2.05, 4.69) is 25.7 Å². The predicted molar refractivity (Wildman–Crippen MR) is 62.3 cm³/mol. The number of hydrogen-bond donors (Lipinski definition) is 1. The fraction of sp³-hybridized carbons (Fsp3) is 1.00. The van der Waals surface area contributed by atoms with Crippen molar-refractivity contribution in [3.05, 3.63) is 0 Å². The average Bonchev–Trinajstić information content (AvgIpc) is 2.62. The Balaban J connectivity index is 2.42. The van der Waals surface area contributed by atoms with Gasteiger partial charge in [0, 0.05) is 12.6 Å². The third-order valence-corrected chi connectivity index (χ3v) is 3.59. The number of hydrogen-bond acceptors (Lipinski definition) is 2. The van der Waals surface area contributed by atoms with Crippen LogP contribution in [0, 0.1) is 11.8 Å². The van der Waals surface area contributed by atoms with E-state index in [4.69, 9.17) is 5.73 Å². The van der Waals surface area contributed by atoms with Gasteiger partial charge in [0.1, 0.15) is 0 Å². The van der Waals surface area contributed by atoms with E-state index in [1.54, 1.807) is 0 Å². The molecule has 1 saturated heterocycles. The summed E-state index contributed by atoms with van der Waals surface area (Å²) in [5.74, 6) is 1.50. The SMILES string of the molecule is CCC(CN)CN1CCCC1C(C)C. The largest absolute Gasteiger partial charge is 0.330 e. The molecule has 2 N–H and O–H groups in total. The highest BCUT2D eigenvalue weighted by molar-refractivity contribution is 4.82. The lowest BCUT2D eigenvalue weighted by Crippen LogP contribution is -2.38. The van der Waals surface area contributed by atoms with Crippen molar-refractivity contribution >= 4 is 0 Å². The first-order valence-corrected chi connectivity index (χ1v) is 6.13. The first-order valence-electron chi connectivity index (χ1n) is 6.13. The zero-order valence-electron chi connectivity index (χ0n) is 10.00. The molecule has 0 saturated carbocycles. The van der Waals surface area contributed by atoms with Crippen LogP contribution >= 0.6 is 0 Å². The van der Waals surface area contributed by atoms with Crippen LogP contribution in [-0.4, -0.2) is 30.6 Å². The summed E-state index contributed by atoms with van der Waals surface area (Å²) in [5, 5.41) is 0. The highest BCUT2D eigenvalue weighted by Gasteiger charge is 2.27. The number of nitrogens with zero attached hydrogens (tertiary/aromatic N) is 1. The van der Waals surface area contributed by atoms with Gasteiger partial charge in [-0.05, 0) is 37.8 Å². The fourth-order valence-electron chi connectivity index (χ4n) is 2.54. The molecule has 2 atom stereocenters. The van der Waals surface area contributed by atoms with E-state index in [1.165, 1.54) is 32.4 Å². The molecule has 2 heteroatoms. The van der Waals surface area contributed by atoms with Gasteiger partial charge in [-0.15, -0.1) is 0 Å². The van der Waals surface area contributed by atoms with Crippen LogP contribution in [0.4, 0.5) is 0 Å². The standard InChI is InChI=1S/C12H26N2/c1-4-11(8-13)9-14-7-5-6-12(14)10(2)3/h10-12H,4-9,13H2,1-3H3. The van der Waals surface area contributed by atoms with Crippen LogP contribution in [0.2, 0.25) is 0 Å². The van der Waals surface area contributed by atoms with E-state index in [0.717, 1.165) is 18.5 Å². The van der Waals surface area contributed by atoms with Crippen molar-refractivity contribution in [2.24, 2.45) is 17.6 Å². The summed E-state index contributed by atoms with van der Waals surface area (Å²) in [5.41, 5.74) is 5.76. The van der Waals surface area contributed by atoms with Gasteiger partial charge in [-0.25, -0.2) is 0 Å². The lowest BCUT2D eigenvalue weighted by atomic mass is 10.00. The summed E-state index contributed by atoms with van der Waals surface area (Å²) < 4.78 is 0. The minimum Gasteiger partial charge on any atom is -0.330 e. The van der Waals surface area contributed by atoms with Crippen molar-refractivity contribution in [2.45, 2.75) is 46.1 Å². The zero-order chi connectivity index (χ0) is 10.6. The van der Waals surface area contributed by atoms with E-state index < -0.39 is 0 Å². The lowest BCUT2D eigenvalue weighted by Gasteiger charge is -2.30. The zero-order valence-corrected chi connectivity index (χ0v) is 10.00. The topological polar surface area (TPSA) is 29.3 Å². The Morgan fingerprint density at radius 1 is 1.43 bits per heavy atom. The monoisotopic (exact) mass is 198 g/mol. The van der Waals surface area contributed by atoms with Gasteiger partial charge >= 0.3 is 0 Å². The van der Waals surface area contributed by atoms with Crippen LogP contribution in [0.5, 0.6) is 0 Å². The Morgan fingerprint density at radius 3 is 2.64 bits per heavy atom. The third kappa shape index (κ3) is 2.96. The summed E-state index contributed by atoms with van der Waals surface area (Å²) >= 11 is 0. The van der Waals surface area contributed by atoms with Gasteiger partial charge in [-0.1, -0.05) is 27.2 Å². The van der Waals surface area contributed by atoms with Crippen LogP contribution in [-0.2, 0) is 0 Å². The molecule has 1 fully saturated rings. The van der Waals surface area contributed by atoms with Gasteiger partial charge in [0.05, 0.1) is 0 Å². The number of rotatable bonds is 5. The second-order valence-electron chi connectivity index (χ2n) is 4.96. The van der Waals surface area contributed by atoms with Crippen LogP contribution in [0.15, 0.2) is 0 Å². The van der Waals surface area contributed by atoms with E-state index in [9.17, 15) is 0 Å².